The predicted octanol–water partition coefficient (Wildman–Crippen LogP) is -4.42. The summed E-state index contributed by atoms with van der Waals surface area (Å²) in [7, 11) is 0. The standard InChI is InChI=1S/C13H24O8.K.H/c1-2-3-4-5-6-9(16)21-13(20)12(19)11(18)10(17)8(15)7-14;;/h8,10-12,14-15,17-19H,2-7H2,1H3;;/q;+1;-1/t8-,10-,11+,12-;;/m1../s1. The van der Waals surface area contributed by atoms with Gasteiger partial charge in [0, 0.05) is 6.42 Å². The molecule has 0 aliphatic heterocycles. The maximum Gasteiger partial charge on any atom is 1.00 e. The van der Waals surface area contributed by atoms with Gasteiger partial charge < -0.3 is 31.7 Å². The van der Waals surface area contributed by atoms with Gasteiger partial charge in [0.1, 0.15) is 18.3 Å². The van der Waals surface area contributed by atoms with Crippen molar-refractivity contribution in [3.63, 3.8) is 0 Å². The molecule has 0 saturated heterocycles. The molecule has 0 aromatic heterocycles. The van der Waals surface area contributed by atoms with Gasteiger partial charge in [0.2, 0.25) is 0 Å². The Bertz CT molecular complexity index is 331. The molecule has 0 radical (unpaired) electrons. The maximum absolute atomic E-state index is 11.4. The molecule has 126 valence electrons. The fourth-order valence-corrected chi connectivity index (χ4v) is 1.58. The number of esters is 2. The zero-order valence-electron chi connectivity index (χ0n) is 14.0. The van der Waals surface area contributed by atoms with Gasteiger partial charge in [-0.2, -0.15) is 0 Å². The smallest absolute Gasteiger partial charge is 1.00 e. The van der Waals surface area contributed by atoms with E-state index in [1.165, 1.54) is 0 Å². The van der Waals surface area contributed by atoms with Crippen molar-refractivity contribution >= 4 is 11.9 Å². The SMILES string of the molecule is CCCCCCC(=O)OC(=O)[C@H](O)[C@@H](O)[C@H](O)[C@H](O)CO.[H-].[K+]. The molecule has 0 amide bonds. The fraction of sp³-hybridized carbons (Fsp3) is 0.846. The molecular weight excluding hydrogens is 323 g/mol. The first-order chi connectivity index (χ1) is 9.84. The van der Waals surface area contributed by atoms with Crippen LogP contribution in [0.3, 0.4) is 0 Å². The Morgan fingerprint density at radius 3 is 2.14 bits per heavy atom. The summed E-state index contributed by atoms with van der Waals surface area (Å²) in [6.07, 6.45) is -4.64. The molecule has 0 aromatic carbocycles. The fourth-order valence-electron chi connectivity index (χ4n) is 1.58. The summed E-state index contributed by atoms with van der Waals surface area (Å²) in [5.74, 6) is -2.24. The van der Waals surface area contributed by atoms with Crippen LogP contribution in [0.15, 0.2) is 0 Å². The second kappa shape index (κ2) is 14.0. The zero-order chi connectivity index (χ0) is 16.4. The molecule has 22 heavy (non-hydrogen) atoms. The van der Waals surface area contributed by atoms with Crippen molar-refractivity contribution in [2.45, 2.75) is 63.4 Å². The molecule has 0 aromatic rings. The Balaban J connectivity index is -0.00000200. The maximum atomic E-state index is 11.4. The van der Waals surface area contributed by atoms with Crippen LogP contribution in [0.2, 0.25) is 0 Å². The van der Waals surface area contributed by atoms with Crippen LogP contribution in [0.25, 0.3) is 0 Å². The molecule has 0 aliphatic carbocycles. The molecule has 0 heterocycles. The van der Waals surface area contributed by atoms with E-state index in [4.69, 9.17) is 10.2 Å². The normalized spacial score (nSPS) is 16.1. The van der Waals surface area contributed by atoms with Gasteiger partial charge in [-0.25, -0.2) is 4.79 Å². The van der Waals surface area contributed by atoms with Crippen molar-refractivity contribution in [1.82, 2.24) is 0 Å². The molecule has 0 aliphatic rings. The van der Waals surface area contributed by atoms with Crippen molar-refractivity contribution in [3.05, 3.63) is 0 Å². The largest absolute Gasteiger partial charge is 1.00 e. The molecule has 0 bridgehead atoms. The average molecular weight is 348 g/mol. The Labute approximate surface area is 173 Å². The number of rotatable bonds is 10. The average Bonchev–Trinajstić information content (AvgIpc) is 2.48. The molecule has 0 spiro atoms. The molecular formula is C13H25KO8. The number of unbranched alkanes of at least 4 members (excludes halogenated alkanes) is 3. The Hall–Kier alpha value is 0.576. The zero-order valence-corrected chi connectivity index (χ0v) is 16.1. The van der Waals surface area contributed by atoms with E-state index in [0.717, 1.165) is 19.3 Å². The summed E-state index contributed by atoms with van der Waals surface area (Å²) in [5.41, 5.74) is 0. The summed E-state index contributed by atoms with van der Waals surface area (Å²) >= 11 is 0. The van der Waals surface area contributed by atoms with E-state index in [-0.39, 0.29) is 59.2 Å². The van der Waals surface area contributed by atoms with Gasteiger partial charge in [0.05, 0.1) is 6.61 Å². The number of hydrogen-bond donors (Lipinski definition) is 5. The van der Waals surface area contributed by atoms with E-state index >= 15 is 0 Å². The summed E-state index contributed by atoms with van der Waals surface area (Å²) < 4.78 is 4.33. The van der Waals surface area contributed by atoms with Crippen LogP contribution in [0.5, 0.6) is 0 Å². The molecule has 5 N–H and O–H groups in total. The van der Waals surface area contributed by atoms with E-state index in [1.54, 1.807) is 0 Å². The molecule has 0 fully saturated rings. The van der Waals surface area contributed by atoms with E-state index in [1.807, 2.05) is 6.92 Å². The number of carbonyl (C=O) groups is 2. The molecule has 0 saturated carbocycles. The number of aliphatic hydroxyl groups is 5. The summed E-state index contributed by atoms with van der Waals surface area (Å²) in [6, 6.07) is 0. The minimum atomic E-state index is -2.19. The molecule has 0 rings (SSSR count). The summed E-state index contributed by atoms with van der Waals surface area (Å²) in [4.78, 5) is 22.7. The first-order valence-corrected chi connectivity index (χ1v) is 6.92. The third-order valence-electron chi connectivity index (χ3n) is 2.95. The van der Waals surface area contributed by atoms with Crippen LogP contribution in [0.4, 0.5) is 0 Å². The van der Waals surface area contributed by atoms with Crippen molar-refractivity contribution in [2.24, 2.45) is 0 Å². The number of aliphatic hydroxyl groups excluding tert-OH is 5. The third-order valence-corrected chi connectivity index (χ3v) is 2.95. The van der Waals surface area contributed by atoms with Crippen molar-refractivity contribution in [2.75, 3.05) is 6.61 Å². The molecule has 0 unspecified atom stereocenters. The molecule has 8 nitrogen and oxygen atoms in total. The number of carbonyl (C=O) groups excluding carboxylic acids is 2. The second-order valence-corrected chi connectivity index (χ2v) is 4.78. The van der Waals surface area contributed by atoms with Crippen LogP contribution in [-0.2, 0) is 14.3 Å². The van der Waals surface area contributed by atoms with Crippen LogP contribution in [-0.4, -0.2) is 68.5 Å². The van der Waals surface area contributed by atoms with E-state index < -0.39 is 43.0 Å². The molecule has 4 atom stereocenters. The molecule has 9 heteroatoms. The van der Waals surface area contributed by atoms with Gasteiger partial charge in [-0.15, -0.1) is 0 Å². The topological polar surface area (TPSA) is 145 Å². The van der Waals surface area contributed by atoms with Crippen molar-refractivity contribution in [3.8, 4) is 0 Å². The number of hydrogen-bond acceptors (Lipinski definition) is 8. The van der Waals surface area contributed by atoms with Gasteiger partial charge >= 0.3 is 63.3 Å². The minimum Gasteiger partial charge on any atom is -1.00 e. The monoisotopic (exact) mass is 348 g/mol. The van der Waals surface area contributed by atoms with Crippen LogP contribution < -0.4 is 51.4 Å². The van der Waals surface area contributed by atoms with Crippen molar-refractivity contribution < 1.29 is 92.7 Å². The van der Waals surface area contributed by atoms with E-state index in [0.29, 0.717) is 6.42 Å². The van der Waals surface area contributed by atoms with Gasteiger partial charge in [-0.3, -0.25) is 4.79 Å². The van der Waals surface area contributed by atoms with Crippen LogP contribution >= 0.6 is 0 Å². The first-order valence-electron chi connectivity index (χ1n) is 6.92. The Morgan fingerprint density at radius 1 is 1.05 bits per heavy atom. The Kier molecular flexibility index (Phi) is 15.8. The predicted molar refractivity (Wildman–Crippen MR) is 72.1 cm³/mol. The van der Waals surface area contributed by atoms with E-state index in [2.05, 4.69) is 4.74 Å². The summed E-state index contributed by atoms with van der Waals surface area (Å²) in [6.45, 7) is 1.14. The van der Waals surface area contributed by atoms with E-state index in [9.17, 15) is 24.9 Å². The van der Waals surface area contributed by atoms with Gasteiger partial charge in [0.25, 0.3) is 0 Å². The van der Waals surface area contributed by atoms with Gasteiger partial charge in [-0.1, -0.05) is 26.2 Å². The van der Waals surface area contributed by atoms with Gasteiger partial charge in [0.15, 0.2) is 6.10 Å². The Morgan fingerprint density at radius 2 is 1.64 bits per heavy atom. The third kappa shape index (κ3) is 9.66. The quantitative estimate of drug-likeness (QED) is 0.115. The number of ether oxygens (including phenoxy) is 1. The van der Waals surface area contributed by atoms with Crippen LogP contribution in [0.1, 0.15) is 40.5 Å². The summed E-state index contributed by atoms with van der Waals surface area (Å²) in [5, 5.41) is 45.9. The van der Waals surface area contributed by atoms with Crippen molar-refractivity contribution in [1.29, 1.82) is 0 Å². The van der Waals surface area contributed by atoms with Gasteiger partial charge in [-0.05, 0) is 6.42 Å². The second-order valence-electron chi connectivity index (χ2n) is 4.78. The first kappa shape index (κ1) is 24.8. The van der Waals surface area contributed by atoms with Crippen LogP contribution in [0, 0.1) is 0 Å². The minimum absolute atomic E-state index is 0.